The highest BCUT2D eigenvalue weighted by Gasteiger charge is 2.09. The summed E-state index contributed by atoms with van der Waals surface area (Å²) in [7, 11) is 1.58. The summed E-state index contributed by atoms with van der Waals surface area (Å²) in [4.78, 5) is 11.6. The molecule has 0 bridgehead atoms. The third-order valence-corrected chi connectivity index (χ3v) is 2.14. The number of aryl methyl sites for hydroxylation is 1. The number of benzene rings is 1. The van der Waals surface area contributed by atoms with Gasteiger partial charge in [0, 0.05) is 12.5 Å². The summed E-state index contributed by atoms with van der Waals surface area (Å²) in [6, 6.07) is 5.49. The Morgan fingerprint density at radius 1 is 1.56 bits per heavy atom. The Hall–Kier alpha value is -1.55. The number of methoxy groups -OCH3 is 1. The van der Waals surface area contributed by atoms with E-state index in [0.717, 1.165) is 5.56 Å². The van der Waals surface area contributed by atoms with Crippen molar-refractivity contribution in [2.24, 2.45) is 5.73 Å². The number of anilines is 1. The van der Waals surface area contributed by atoms with E-state index in [9.17, 15) is 4.79 Å². The highest BCUT2D eigenvalue weighted by atomic mass is 16.5. The Morgan fingerprint density at radius 3 is 2.81 bits per heavy atom. The molecule has 0 heterocycles. The number of ether oxygens (including phenoxy) is 1. The molecular formula is C12H18N2O2. The molecule has 1 aromatic rings. The second kappa shape index (κ2) is 5.51. The first-order valence-corrected chi connectivity index (χ1v) is 5.23. The molecule has 0 aliphatic rings. The van der Waals surface area contributed by atoms with Crippen LogP contribution >= 0.6 is 0 Å². The number of amides is 1. The van der Waals surface area contributed by atoms with Gasteiger partial charge in [0.25, 0.3) is 0 Å². The number of nitrogens with one attached hydrogen (secondary N) is 1. The predicted octanol–water partition coefficient (Wildman–Crippen LogP) is 1.68. The van der Waals surface area contributed by atoms with Crippen LogP contribution in [0, 0.1) is 6.92 Å². The van der Waals surface area contributed by atoms with Crippen molar-refractivity contribution in [3.63, 3.8) is 0 Å². The van der Waals surface area contributed by atoms with Crippen LogP contribution in [0.15, 0.2) is 18.2 Å². The third kappa shape index (κ3) is 3.55. The van der Waals surface area contributed by atoms with E-state index in [2.05, 4.69) is 5.32 Å². The van der Waals surface area contributed by atoms with Gasteiger partial charge >= 0.3 is 0 Å². The summed E-state index contributed by atoms with van der Waals surface area (Å²) in [5.74, 6) is 0.558. The van der Waals surface area contributed by atoms with Crippen molar-refractivity contribution in [2.75, 3.05) is 12.4 Å². The van der Waals surface area contributed by atoms with Gasteiger partial charge in [0.15, 0.2) is 0 Å². The molecule has 0 fully saturated rings. The van der Waals surface area contributed by atoms with E-state index < -0.39 is 0 Å². The van der Waals surface area contributed by atoms with Gasteiger partial charge in [0.1, 0.15) is 5.75 Å². The van der Waals surface area contributed by atoms with Crippen LogP contribution in [0.5, 0.6) is 5.75 Å². The van der Waals surface area contributed by atoms with Crippen molar-refractivity contribution in [1.29, 1.82) is 0 Å². The van der Waals surface area contributed by atoms with Crippen molar-refractivity contribution in [2.45, 2.75) is 26.3 Å². The zero-order chi connectivity index (χ0) is 12.1. The molecule has 1 amide bonds. The van der Waals surface area contributed by atoms with Gasteiger partial charge in [-0.05, 0) is 31.5 Å². The van der Waals surface area contributed by atoms with Crippen LogP contribution in [0.4, 0.5) is 5.69 Å². The van der Waals surface area contributed by atoms with Crippen molar-refractivity contribution in [3.8, 4) is 5.75 Å². The molecule has 0 aliphatic carbocycles. The topological polar surface area (TPSA) is 64.3 Å². The van der Waals surface area contributed by atoms with Gasteiger partial charge in [0.05, 0.1) is 12.8 Å². The van der Waals surface area contributed by atoms with Gasteiger partial charge in [-0.3, -0.25) is 4.79 Å². The van der Waals surface area contributed by atoms with Gasteiger partial charge in [-0.15, -0.1) is 0 Å². The van der Waals surface area contributed by atoms with Crippen LogP contribution in [0.25, 0.3) is 0 Å². The lowest BCUT2D eigenvalue weighted by atomic mass is 10.2. The first kappa shape index (κ1) is 12.5. The molecule has 1 unspecified atom stereocenters. The molecule has 4 nitrogen and oxygen atoms in total. The molecule has 4 heteroatoms. The van der Waals surface area contributed by atoms with E-state index in [1.165, 1.54) is 0 Å². The largest absolute Gasteiger partial charge is 0.495 e. The minimum Gasteiger partial charge on any atom is -0.495 e. The molecule has 0 saturated heterocycles. The zero-order valence-corrected chi connectivity index (χ0v) is 9.91. The average Bonchev–Trinajstić information content (AvgIpc) is 2.16. The smallest absolute Gasteiger partial charge is 0.226 e. The second-order valence-corrected chi connectivity index (χ2v) is 3.93. The highest BCUT2D eigenvalue weighted by Crippen LogP contribution is 2.25. The highest BCUT2D eigenvalue weighted by molar-refractivity contribution is 5.92. The second-order valence-electron chi connectivity index (χ2n) is 3.93. The quantitative estimate of drug-likeness (QED) is 0.814. The maximum absolute atomic E-state index is 11.6. The first-order chi connectivity index (χ1) is 7.52. The van der Waals surface area contributed by atoms with E-state index in [1.807, 2.05) is 25.1 Å². The SMILES string of the molecule is COc1ccc(C)cc1NC(=O)CC(C)N. The molecule has 1 aromatic carbocycles. The van der Waals surface area contributed by atoms with E-state index in [1.54, 1.807) is 14.0 Å². The minimum atomic E-state index is -0.143. The fraction of sp³-hybridized carbons (Fsp3) is 0.417. The van der Waals surface area contributed by atoms with E-state index in [4.69, 9.17) is 10.5 Å². The van der Waals surface area contributed by atoms with Crippen LogP contribution < -0.4 is 15.8 Å². The molecule has 3 N–H and O–H groups in total. The Labute approximate surface area is 95.8 Å². The van der Waals surface area contributed by atoms with Gasteiger partial charge < -0.3 is 15.8 Å². The Morgan fingerprint density at radius 2 is 2.25 bits per heavy atom. The van der Waals surface area contributed by atoms with E-state index in [-0.39, 0.29) is 11.9 Å². The summed E-state index contributed by atoms with van der Waals surface area (Å²) >= 11 is 0. The van der Waals surface area contributed by atoms with Crippen LogP contribution in [-0.2, 0) is 4.79 Å². The maximum Gasteiger partial charge on any atom is 0.226 e. The van der Waals surface area contributed by atoms with Crippen molar-refractivity contribution in [1.82, 2.24) is 0 Å². The Kier molecular flexibility index (Phi) is 4.31. The van der Waals surface area contributed by atoms with Gasteiger partial charge in [-0.1, -0.05) is 6.07 Å². The monoisotopic (exact) mass is 222 g/mol. The van der Waals surface area contributed by atoms with Gasteiger partial charge in [-0.2, -0.15) is 0 Å². The summed E-state index contributed by atoms with van der Waals surface area (Å²) < 4.78 is 5.16. The normalized spacial score (nSPS) is 12.0. The van der Waals surface area contributed by atoms with Crippen LogP contribution in [0.3, 0.4) is 0 Å². The number of carbonyl (C=O) groups is 1. The summed E-state index contributed by atoms with van der Waals surface area (Å²) in [5.41, 5.74) is 7.31. The number of nitrogens with two attached hydrogens (primary N) is 1. The molecule has 0 aromatic heterocycles. The lowest BCUT2D eigenvalue weighted by Gasteiger charge is -2.11. The summed E-state index contributed by atoms with van der Waals surface area (Å²) in [5, 5.41) is 2.79. The summed E-state index contributed by atoms with van der Waals surface area (Å²) in [6.45, 7) is 3.76. The lowest BCUT2D eigenvalue weighted by Crippen LogP contribution is -2.24. The Bertz CT molecular complexity index is 375. The molecule has 0 radical (unpaired) electrons. The minimum absolute atomic E-state index is 0.0982. The zero-order valence-electron chi connectivity index (χ0n) is 9.91. The molecule has 1 rings (SSSR count). The molecule has 0 aliphatic heterocycles. The molecule has 1 atom stereocenters. The number of hydrogen-bond acceptors (Lipinski definition) is 3. The molecule has 0 spiro atoms. The fourth-order valence-corrected chi connectivity index (χ4v) is 1.41. The number of carbonyl (C=O) groups excluding carboxylic acids is 1. The first-order valence-electron chi connectivity index (χ1n) is 5.23. The van der Waals surface area contributed by atoms with Gasteiger partial charge in [-0.25, -0.2) is 0 Å². The van der Waals surface area contributed by atoms with Crippen LogP contribution in [0.1, 0.15) is 18.9 Å². The third-order valence-electron chi connectivity index (χ3n) is 2.14. The molecule has 88 valence electrons. The van der Waals surface area contributed by atoms with E-state index in [0.29, 0.717) is 17.9 Å². The Balaban J connectivity index is 2.79. The molecular weight excluding hydrogens is 204 g/mol. The van der Waals surface area contributed by atoms with Crippen molar-refractivity contribution >= 4 is 11.6 Å². The number of hydrogen-bond donors (Lipinski definition) is 2. The van der Waals surface area contributed by atoms with Crippen LogP contribution in [-0.4, -0.2) is 19.1 Å². The van der Waals surface area contributed by atoms with Crippen molar-refractivity contribution < 1.29 is 9.53 Å². The van der Waals surface area contributed by atoms with Crippen LogP contribution in [0.2, 0.25) is 0 Å². The summed E-state index contributed by atoms with van der Waals surface area (Å²) in [6.07, 6.45) is 0.303. The maximum atomic E-state index is 11.6. The number of rotatable bonds is 4. The average molecular weight is 222 g/mol. The fourth-order valence-electron chi connectivity index (χ4n) is 1.41. The van der Waals surface area contributed by atoms with E-state index >= 15 is 0 Å². The molecule has 16 heavy (non-hydrogen) atoms. The lowest BCUT2D eigenvalue weighted by molar-refractivity contribution is -0.116. The standard InChI is InChI=1S/C12H18N2O2/c1-8-4-5-11(16-3)10(6-8)14-12(15)7-9(2)13/h4-6,9H,7,13H2,1-3H3,(H,14,15). The molecule has 0 saturated carbocycles. The predicted molar refractivity (Wildman–Crippen MR) is 64.6 cm³/mol. The van der Waals surface area contributed by atoms with Gasteiger partial charge in [0.2, 0.25) is 5.91 Å². The van der Waals surface area contributed by atoms with Crippen molar-refractivity contribution in [3.05, 3.63) is 23.8 Å².